The Labute approximate surface area is 268 Å². The summed E-state index contributed by atoms with van der Waals surface area (Å²) in [6.45, 7) is 30.3. The van der Waals surface area contributed by atoms with Crippen molar-refractivity contribution in [2.75, 3.05) is 10.8 Å². The molecule has 1 nitrogen and oxygen atoms in total. The van der Waals surface area contributed by atoms with E-state index < -0.39 is 0 Å². The van der Waals surface area contributed by atoms with E-state index in [0.717, 1.165) is 12.3 Å². The van der Waals surface area contributed by atoms with Gasteiger partial charge in [-0.1, -0.05) is 151 Å². The Hall–Kier alpha value is -2.45. The van der Waals surface area contributed by atoms with Gasteiger partial charge in [-0.25, -0.2) is 0 Å². The molecule has 0 bridgehead atoms. The van der Waals surface area contributed by atoms with Crippen LogP contribution in [0.1, 0.15) is 132 Å². The van der Waals surface area contributed by atoms with E-state index >= 15 is 0 Å². The minimum Gasteiger partial charge on any atom is -0.336 e. The summed E-state index contributed by atoms with van der Waals surface area (Å²) >= 11 is 2.01. The summed E-state index contributed by atoms with van der Waals surface area (Å²) in [6, 6.07) is 21.7. The summed E-state index contributed by atoms with van der Waals surface area (Å²) in [7, 11) is 0. The van der Waals surface area contributed by atoms with E-state index in [0.29, 0.717) is 0 Å². The van der Waals surface area contributed by atoms with Gasteiger partial charge in [-0.15, -0.1) is 11.8 Å². The lowest BCUT2D eigenvalue weighted by atomic mass is 9.77. The van der Waals surface area contributed by atoms with Crippen LogP contribution >= 0.6 is 11.8 Å². The predicted molar refractivity (Wildman–Crippen MR) is 195 cm³/mol. The number of thioether (sulfide) groups is 1. The van der Waals surface area contributed by atoms with Crippen LogP contribution in [0.15, 0.2) is 65.7 Å². The Balaban J connectivity index is 2.06. The van der Waals surface area contributed by atoms with Crippen LogP contribution in [0.4, 0.5) is 5.69 Å². The molecule has 0 fully saturated rings. The van der Waals surface area contributed by atoms with Crippen LogP contribution < -0.4 is 4.90 Å². The lowest BCUT2D eigenvalue weighted by molar-refractivity contribution is 0.568. The number of hydrogen-bond acceptors (Lipinski definition) is 2. The Morgan fingerprint density at radius 3 is 1.35 bits per heavy atom. The van der Waals surface area contributed by atoms with Crippen molar-refractivity contribution in [3.05, 3.63) is 88.0 Å². The summed E-state index contributed by atoms with van der Waals surface area (Å²) in [5.74, 6) is 0.958. The van der Waals surface area contributed by atoms with Gasteiger partial charge in [0.2, 0.25) is 0 Å². The number of para-hydroxylation sites is 1. The number of hydrogen-bond donors (Lipinski definition) is 0. The highest BCUT2D eigenvalue weighted by atomic mass is 32.2. The van der Waals surface area contributed by atoms with Gasteiger partial charge < -0.3 is 4.90 Å². The van der Waals surface area contributed by atoms with Gasteiger partial charge in [0, 0.05) is 22.2 Å². The Morgan fingerprint density at radius 1 is 0.605 bits per heavy atom. The highest BCUT2D eigenvalue weighted by Crippen LogP contribution is 2.46. The van der Waals surface area contributed by atoms with Crippen LogP contribution in [0.5, 0.6) is 0 Å². The number of allylic oxidation sites excluding steroid dienone is 1. The van der Waals surface area contributed by atoms with E-state index in [-0.39, 0.29) is 21.7 Å². The first-order valence-corrected chi connectivity index (χ1v) is 17.3. The molecule has 0 saturated carbocycles. The largest absolute Gasteiger partial charge is 0.336 e. The number of rotatable bonds is 6. The van der Waals surface area contributed by atoms with Crippen LogP contribution in [0, 0.1) is 0 Å². The maximum Gasteiger partial charge on any atom is 0.0726 e. The maximum atomic E-state index is 2.54. The van der Waals surface area contributed by atoms with Crippen molar-refractivity contribution in [3.8, 4) is 22.3 Å². The molecule has 3 aromatic rings. The predicted octanol–water partition coefficient (Wildman–Crippen LogP) is 12.8. The summed E-state index contributed by atoms with van der Waals surface area (Å²) in [5.41, 5.74) is 12.4. The van der Waals surface area contributed by atoms with Gasteiger partial charge in [-0.2, -0.15) is 0 Å². The van der Waals surface area contributed by atoms with Crippen molar-refractivity contribution < 1.29 is 0 Å². The number of anilines is 1. The summed E-state index contributed by atoms with van der Waals surface area (Å²) < 4.78 is 0. The summed E-state index contributed by atoms with van der Waals surface area (Å²) in [6.07, 6.45) is 6.08. The zero-order valence-electron chi connectivity index (χ0n) is 29.5. The SMILES string of the molecule is CCCCC1=CN(c2c(-c3cc(C(C)(C)C)cc(C(C)(C)C)c3)cccc2-c2cc(C(C)(C)C)cc(C(C)(C)C)c2)CS1. The second kappa shape index (κ2) is 12.2. The topological polar surface area (TPSA) is 3.24 Å². The molecule has 0 saturated heterocycles. The quantitative estimate of drug-likeness (QED) is 0.279. The molecule has 0 amide bonds. The zero-order valence-corrected chi connectivity index (χ0v) is 30.3. The maximum absolute atomic E-state index is 2.54. The number of unbranched alkanes of at least 4 members (excludes halogenated alkanes) is 1. The minimum absolute atomic E-state index is 0.0627. The van der Waals surface area contributed by atoms with Crippen LogP contribution in [-0.2, 0) is 21.7 Å². The van der Waals surface area contributed by atoms with Gasteiger partial charge in [0.15, 0.2) is 0 Å². The molecule has 1 aliphatic rings. The molecule has 232 valence electrons. The molecule has 1 aliphatic heterocycles. The molecule has 43 heavy (non-hydrogen) atoms. The van der Waals surface area contributed by atoms with E-state index in [4.69, 9.17) is 0 Å². The molecular weight excluding hydrogens is 539 g/mol. The summed E-state index contributed by atoms with van der Waals surface area (Å²) in [5, 5.41) is 0. The monoisotopic (exact) mass is 595 g/mol. The Kier molecular flexibility index (Phi) is 9.45. The van der Waals surface area contributed by atoms with E-state index in [9.17, 15) is 0 Å². The van der Waals surface area contributed by atoms with Crippen molar-refractivity contribution >= 4 is 17.4 Å². The van der Waals surface area contributed by atoms with Gasteiger partial charge in [0.1, 0.15) is 0 Å². The summed E-state index contributed by atoms with van der Waals surface area (Å²) in [4.78, 5) is 4.04. The molecule has 0 aromatic heterocycles. The van der Waals surface area contributed by atoms with E-state index in [1.54, 1.807) is 0 Å². The van der Waals surface area contributed by atoms with Crippen molar-refractivity contribution in [1.29, 1.82) is 0 Å². The Bertz CT molecular complexity index is 1320. The molecule has 0 radical (unpaired) electrons. The number of nitrogens with zero attached hydrogens (tertiary/aromatic N) is 1. The molecule has 0 atom stereocenters. The molecule has 0 spiro atoms. The Morgan fingerprint density at radius 2 is 1.00 bits per heavy atom. The molecule has 0 N–H and O–H groups in total. The third kappa shape index (κ3) is 7.80. The van der Waals surface area contributed by atoms with E-state index in [2.05, 4.69) is 156 Å². The molecule has 2 heteroatoms. The fourth-order valence-electron chi connectivity index (χ4n) is 5.63. The lowest BCUT2D eigenvalue weighted by Gasteiger charge is -2.29. The van der Waals surface area contributed by atoms with Gasteiger partial charge in [0.25, 0.3) is 0 Å². The highest BCUT2D eigenvalue weighted by Gasteiger charge is 2.27. The lowest BCUT2D eigenvalue weighted by Crippen LogP contribution is -2.18. The molecule has 1 heterocycles. The highest BCUT2D eigenvalue weighted by molar-refractivity contribution is 8.03. The molecule has 0 unspecified atom stereocenters. The van der Waals surface area contributed by atoms with Gasteiger partial charge in [-0.3, -0.25) is 0 Å². The van der Waals surface area contributed by atoms with E-state index in [1.165, 1.54) is 67.9 Å². The molecular formula is C41H57NS. The zero-order chi connectivity index (χ0) is 32.0. The van der Waals surface area contributed by atoms with Crippen molar-refractivity contribution in [2.45, 2.75) is 131 Å². The van der Waals surface area contributed by atoms with Crippen LogP contribution in [0.25, 0.3) is 22.3 Å². The van der Waals surface area contributed by atoms with Crippen molar-refractivity contribution in [3.63, 3.8) is 0 Å². The normalized spacial score (nSPS) is 14.8. The second-order valence-electron chi connectivity index (χ2n) is 16.7. The first-order chi connectivity index (χ1) is 19.8. The molecule has 4 rings (SSSR count). The van der Waals surface area contributed by atoms with Gasteiger partial charge in [0.05, 0.1) is 11.6 Å². The van der Waals surface area contributed by atoms with E-state index in [1.807, 2.05) is 11.8 Å². The first kappa shape index (κ1) is 33.4. The minimum atomic E-state index is 0.0627. The van der Waals surface area contributed by atoms with Crippen molar-refractivity contribution in [1.82, 2.24) is 0 Å². The standard InChI is InChI=1S/C41H57NS/c1-14-15-17-34-26-42(27-43-34)37-35(28-20-30(38(2,3)4)24-31(21-28)39(5,6)7)18-16-19-36(37)29-22-32(40(8,9)10)25-33(23-29)41(11,12)13/h16,18-26H,14-15,17,27H2,1-13H3. The van der Waals surface area contributed by atoms with Gasteiger partial charge in [-0.05, 0) is 67.9 Å². The van der Waals surface area contributed by atoms with Crippen LogP contribution in [0.3, 0.4) is 0 Å². The fraction of sp³-hybridized carbons (Fsp3) is 0.512. The molecule has 0 aliphatic carbocycles. The van der Waals surface area contributed by atoms with Crippen LogP contribution in [-0.4, -0.2) is 5.88 Å². The average molecular weight is 596 g/mol. The smallest absolute Gasteiger partial charge is 0.0726 e. The van der Waals surface area contributed by atoms with Crippen molar-refractivity contribution in [2.24, 2.45) is 0 Å². The van der Waals surface area contributed by atoms with Crippen LogP contribution in [0.2, 0.25) is 0 Å². The first-order valence-electron chi connectivity index (χ1n) is 16.3. The fourth-order valence-corrected chi connectivity index (χ4v) is 6.63. The van der Waals surface area contributed by atoms with Gasteiger partial charge >= 0.3 is 0 Å². The molecule has 3 aromatic carbocycles. The third-order valence-electron chi connectivity index (χ3n) is 8.74. The third-order valence-corrected chi connectivity index (χ3v) is 9.83. The number of benzene rings is 3. The average Bonchev–Trinajstić information content (AvgIpc) is 3.37. The second-order valence-corrected chi connectivity index (χ2v) is 17.8.